The van der Waals surface area contributed by atoms with E-state index in [1.807, 2.05) is 11.3 Å². The summed E-state index contributed by atoms with van der Waals surface area (Å²) >= 11 is 1.86. The summed E-state index contributed by atoms with van der Waals surface area (Å²) in [5.41, 5.74) is 11.8. The van der Waals surface area contributed by atoms with Gasteiger partial charge >= 0.3 is 0 Å². The minimum atomic E-state index is 1.12. The van der Waals surface area contributed by atoms with Crippen LogP contribution in [0.2, 0.25) is 0 Å². The molecule has 0 amide bonds. The van der Waals surface area contributed by atoms with Crippen molar-refractivity contribution in [3.63, 3.8) is 0 Å². The van der Waals surface area contributed by atoms with Crippen LogP contribution in [0.1, 0.15) is 0 Å². The highest BCUT2D eigenvalue weighted by Gasteiger charge is 2.22. The maximum absolute atomic E-state index is 2.47. The lowest BCUT2D eigenvalue weighted by atomic mass is 9.94. The molecule has 0 aliphatic carbocycles. The molecule has 0 saturated heterocycles. The molecule has 0 aliphatic heterocycles. The smallest absolute Gasteiger partial charge is 0.0555 e. The molecule has 0 atom stereocenters. The average Bonchev–Trinajstić information content (AvgIpc) is 3.81. The third-order valence-corrected chi connectivity index (χ3v) is 12.1. The zero-order valence-electron chi connectivity index (χ0n) is 29.9. The SMILES string of the molecule is c1ccc(-c2ccc(N(c3ccc(-c4ccccc4-n4c5ccccc5c5ccccc54)c4ccccc34)c3cccc4sc5ccccc5c34)cc2)cc1. The summed E-state index contributed by atoms with van der Waals surface area (Å²) in [5, 5.41) is 7.49. The van der Waals surface area contributed by atoms with Gasteiger partial charge in [-0.3, -0.25) is 0 Å². The van der Waals surface area contributed by atoms with Crippen molar-refractivity contribution < 1.29 is 0 Å². The van der Waals surface area contributed by atoms with Crippen molar-refractivity contribution in [1.29, 1.82) is 0 Å². The number of anilines is 3. The van der Waals surface area contributed by atoms with E-state index in [-0.39, 0.29) is 0 Å². The van der Waals surface area contributed by atoms with E-state index in [0.717, 1.165) is 11.4 Å². The average molecular weight is 719 g/mol. The summed E-state index contributed by atoms with van der Waals surface area (Å²) in [6.45, 7) is 0. The Labute approximate surface area is 323 Å². The first-order valence-electron chi connectivity index (χ1n) is 18.8. The number of aromatic nitrogens is 1. The molecule has 2 aromatic heterocycles. The van der Waals surface area contributed by atoms with Crippen LogP contribution in [-0.2, 0) is 0 Å². The van der Waals surface area contributed by atoms with Crippen LogP contribution in [0, 0.1) is 0 Å². The van der Waals surface area contributed by atoms with Crippen molar-refractivity contribution in [2.45, 2.75) is 0 Å². The van der Waals surface area contributed by atoms with Gasteiger partial charge in [0.2, 0.25) is 0 Å². The number of rotatable bonds is 6. The van der Waals surface area contributed by atoms with E-state index in [1.54, 1.807) is 0 Å². The second-order valence-corrected chi connectivity index (χ2v) is 15.1. The van der Waals surface area contributed by atoms with Gasteiger partial charge in [-0.25, -0.2) is 0 Å². The molecule has 0 unspecified atom stereocenters. The molecule has 55 heavy (non-hydrogen) atoms. The van der Waals surface area contributed by atoms with Crippen molar-refractivity contribution in [3.05, 3.63) is 206 Å². The lowest BCUT2D eigenvalue weighted by Gasteiger charge is -2.29. The van der Waals surface area contributed by atoms with E-state index in [9.17, 15) is 0 Å². The Balaban J connectivity index is 1.15. The van der Waals surface area contributed by atoms with E-state index >= 15 is 0 Å². The Kier molecular flexibility index (Phi) is 7.39. The van der Waals surface area contributed by atoms with Gasteiger partial charge < -0.3 is 9.47 Å². The molecule has 9 aromatic carbocycles. The van der Waals surface area contributed by atoms with Gasteiger partial charge in [-0.05, 0) is 76.7 Å². The second kappa shape index (κ2) is 12.9. The Bertz CT molecular complexity index is 3150. The molecule has 11 rings (SSSR count). The lowest BCUT2D eigenvalue weighted by Crippen LogP contribution is -2.11. The predicted molar refractivity (Wildman–Crippen MR) is 237 cm³/mol. The third kappa shape index (κ3) is 5.09. The van der Waals surface area contributed by atoms with Crippen LogP contribution in [0.3, 0.4) is 0 Å². The number of hydrogen-bond donors (Lipinski definition) is 0. The monoisotopic (exact) mass is 718 g/mol. The van der Waals surface area contributed by atoms with E-state index in [4.69, 9.17) is 0 Å². The Hall–Kier alpha value is -6.94. The molecular weight excluding hydrogens is 685 g/mol. The maximum Gasteiger partial charge on any atom is 0.0555 e. The van der Waals surface area contributed by atoms with Crippen LogP contribution in [0.25, 0.3) is 80.7 Å². The Morgan fingerprint density at radius 1 is 0.345 bits per heavy atom. The number of fused-ring (bicyclic) bond motifs is 7. The zero-order chi connectivity index (χ0) is 36.3. The molecule has 258 valence electrons. The number of benzene rings is 9. The van der Waals surface area contributed by atoms with Crippen LogP contribution >= 0.6 is 11.3 Å². The summed E-state index contributed by atoms with van der Waals surface area (Å²) < 4.78 is 5.02. The standard InChI is InChI=1S/C52H34N2S/c1-2-15-35(16-3-1)36-29-31-37(32-30-36)53(49-26-14-28-51-52(49)44-22-9-13-27-50(44)55-51)48-34-33-39(38-17-4-5-18-40(38)48)41-19-6-10-23-45(41)54-46-24-11-7-20-42(46)43-21-8-12-25-47(43)54/h1-34H. The van der Waals surface area contributed by atoms with Gasteiger partial charge in [-0.1, -0.05) is 152 Å². The molecule has 0 fully saturated rings. The highest BCUT2D eigenvalue weighted by atomic mass is 32.1. The molecule has 0 N–H and O–H groups in total. The van der Waals surface area contributed by atoms with Crippen LogP contribution < -0.4 is 4.90 Å². The number of para-hydroxylation sites is 3. The molecule has 0 bridgehead atoms. The van der Waals surface area contributed by atoms with Crippen LogP contribution in [-0.4, -0.2) is 4.57 Å². The number of hydrogen-bond acceptors (Lipinski definition) is 2. The normalized spacial score (nSPS) is 11.6. The van der Waals surface area contributed by atoms with E-state index in [2.05, 4.69) is 216 Å². The summed E-state index contributed by atoms with van der Waals surface area (Å²) in [7, 11) is 0. The number of nitrogens with zero attached hydrogens (tertiary/aromatic N) is 2. The molecule has 3 heteroatoms. The summed E-state index contributed by atoms with van der Waals surface area (Å²) in [6, 6.07) is 75.2. The molecule has 11 aromatic rings. The molecule has 0 aliphatic rings. The highest BCUT2D eigenvalue weighted by molar-refractivity contribution is 7.26. The topological polar surface area (TPSA) is 8.17 Å². The van der Waals surface area contributed by atoms with Crippen molar-refractivity contribution in [1.82, 2.24) is 4.57 Å². The first-order chi connectivity index (χ1) is 27.3. The number of thiophene rings is 1. The van der Waals surface area contributed by atoms with Gasteiger partial charge in [0.25, 0.3) is 0 Å². The van der Waals surface area contributed by atoms with Crippen molar-refractivity contribution >= 4 is 81.1 Å². The molecule has 0 radical (unpaired) electrons. The molecule has 2 heterocycles. The summed E-state index contributed by atoms with van der Waals surface area (Å²) in [4.78, 5) is 2.47. The first kappa shape index (κ1) is 31.6. The zero-order valence-corrected chi connectivity index (χ0v) is 30.7. The van der Waals surface area contributed by atoms with Gasteiger partial charge in [-0.2, -0.15) is 0 Å². The first-order valence-corrected chi connectivity index (χ1v) is 19.6. The fraction of sp³-hybridized carbons (Fsp3) is 0. The Morgan fingerprint density at radius 3 is 1.69 bits per heavy atom. The summed E-state index contributed by atoms with van der Waals surface area (Å²) in [5.74, 6) is 0. The van der Waals surface area contributed by atoms with Gasteiger partial charge in [0, 0.05) is 47.6 Å². The fourth-order valence-corrected chi connectivity index (χ4v) is 9.70. The Morgan fingerprint density at radius 2 is 0.927 bits per heavy atom. The predicted octanol–water partition coefficient (Wildman–Crippen LogP) is 15.1. The molecule has 0 spiro atoms. The third-order valence-electron chi connectivity index (χ3n) is 11.0. The van der Waals surface area contributed by atoms with Gasteiger partial charge in [0.1, 0.15) is 0 Å². The fourth-order valence-electron chi connectivity index (χ4n) is 8.58. The maximum atomic E-state index is 2.47. The van der Waals surface area contributed by atoms with Crippen LogP contribution in [0.15, 0.2) is 206 Å². The van der Waals surface area contributed by atoms with E-state index in [1.165, 1.54) is 86.4 Å². The highest BCUT2D eigenvalue weighted by Crippen LogP contribution is 2.48. The summed E-state index contributed by atoms with van der Waals surface area (Å²) in [6.07, 6.45) is 0. The second-order valence-electron chi connectivity index (χ2n) is 14.1. The van der Waals surface area contributed by atoms with E-state index in [0.29, 0.717) is 0 Å². The largest absolute Gasteiger partial charge is 0.309 e. The van der Waals surface area contributed by atoms with Gasteiger partial charge in [0.05, 0.1) is 28.1 Å². The van der Waals surface area contributed by atoms with Crippen LogP contribution in [0.5, 0.6) is 0 Å². The van der Waals surface area contributed by atoms with Crippen molar-refractivity contribution in [2.24, 2.45) is 0 Å². The minimum Gasteiger partial charge on any atom is -0.309 e. The minimum absolute atomic E-state index is 1.12. The quantitative estimate of drug-likeness (QED) is 0.166. The molecule has 2 nitrogen and oxygen atoms in total. The van der Waals surface area contributed by atoms with Crippen molar-refractivity contribution in [2.75, 3.05) is 4.90 Å². The van der Waals surface area contributed by atoms with E-state index < -0.39 is 0 Å². The lowest BCUT2D eigenvalue weighted by molar-refractivity contribution is 1.18. The van der Waals surface area contributed by atoms with Crippen LogP contribution in [0.4, 0.5) is 17.1 Å². The van der Waals surface area contributed by atoms with Crippen molar-refractivity contribution in [3.8, 4) is 27.9 Å². The molecule has 0 saturated carbocycles. The van der Waals surface area contributed by atoms with Gasteiger partial charge in [-0.15, -0.1) is 11.3 Å². The molecular formula is C52H34N2S. The van der Waals surface area contributed by atoms with Gasteiger partial charge in [0.15, 0.2) is 0 Å².